The SMILES string of the molecule is Cc1ccccc1SCC(=O)N1C[C@@H](C(F)(F)F)[C@H](C(=O)O)C1. The van der Waals surface area contributed by atoms with Gasteiger partial charge in [-0.15, -0.1) is 11.8 Å². The molecule has 1 aliphatic heterocycles. The summed E-state index contributed by atoms with van der Waals surface area (Å²) in [7, 11) is 0. The minimum Gasteiger partial charge on any atom is -0.481 e. The van der Waals surface area contributed by atoms with E-state index in [1.54, 1.807) is 0 Å². The van der Waals surface area contributed by atoms with Crippen LogP contribution in [0.25, 0.3) is 0 Å². The summed E-state index contributed by atoms with van der Waals surface area (Å²) in [4.78, 5) is 25.0. The molecule has 2 rings (SSSR count). The first-order valence-electron chi connectivity index (χ1n) is 6.96. The van der Waals surface area contributed by atoms with Crippen molar-refractivity contribution in [2.24, 2.45) is 11.8 Å². The number of amides is 1. The number of carbonyl (C=O) groups is 2. The number of carbonyl (C=O) groups excluding carboxylic acids is 1. The third-order valence-corrected chi connectivity index (χ3v) is 5.02. The van der Waals surface area contributed by atoms with Gasteiger partial charge in [0.25, 0.3) is 0 Å². The van der Waals surface area contributed by atoms with Gasteiger partial charge in [0.1, 0.15) is 0 Å². The van der Waals surface area contributed by atoms with Crippen LogP contribution in [0.5, 0.6) is 0 Å². The third kappa shape index (κ3) is 4.19. The molecule has 2 atom stereocenters. The second-order valence-electron chi connectivity index (χ2n) is 5.45. The highest BCUT2D eigenvalue weighted by Crippen LogP contribution is 2.38. The number of hydrogen-bond acceptors (Lipinski definition) is 3. The number of thioether (sulfide) groups is 1. The highest BCUT2D eigenvalue weighted by Gasteiger charge is 2.53. The number of nitrogens with zero attached hydrogens (tertiary/aromatic N) is 1. The van der Waals surface area contributed by atoms with Crippen LogP contribution < -0.4 is 0 Å². The van der Waals surface area contributed by atoms with Gasteiger partial charge in [-0.3, -0.25) is 9.59 Å². The van der Waals surface area contributed by atoms with E-state index in [4.69, 9.17) is 5.11 Å². The fourth-order valence-corrected chi connectivity index (χ4v) is 3.47. The highest BCUT2D eigenvalue weighted by atomic mass is 32.2. The van der Waals surface area contributed by atoms with E-state index in [-0.39, 0.29) is 5.75 Å². The molecule has 1 aliphatic rings. The Bertz CT molecular complexity index is 606. The number of rotatable bonds is 4. The topological polar surface area (TPSA) is 57.6 Å². The zero-order chi connectivity index (χ0) is 17.2. The van der Waals surface area contributed by atoms with Crippen LogP contribution in [0.15, 0.2) is 29.2 Å². The summed E-state index contributed by atoms with van der Waals surface area (Å²) in [5.41, 5.74) is 0.975. The monoisotopic (exact) mass is 347 g/mol. The van der Waals surface area contributed by atoms with Gasteiger partial charge in [0.05, 0.1) is 17.6 Å². The summed E-state index contributed by atoms with van der Waals surface area (Å²) in [5, 5.41) is 8.95. The van der Waals surface area contributed by atoms with Crippen molar-refractivity contribution < 1.29 is 27.9 Å². The van der Waals surface area contributed by atoms with Gasteiger partial charge in [-0.25, -0.2) is 0 Å². The highest BCUT2D eigenvalue weighted by molar-refractivity contribution is 8.00. The minimum absolute atomic E-state index is 0.0121. The fraction of sp³-hybridized carbons (Fsp3) is 0.467. The molecule has 0 spiro atoms. The number of aryl methyl sites for hydroxylation is 1. The first kappa shape index (κ1) is 17.7. The quantitative estimate of drug-likeness (QED) is 0.851. The Kier molecular flexibility index (Phi) is 5.23. The maximum Gasteiger partial charge on any atom is 0.394 e. The van der Waals surface area contributed by atoms with Gasteiger partial charge in [0, 0.05) is 18.0 Å². The minimum atomic E-state index is -4.62. The smallest absolute Gasteiger partial charge is 0.394 e. The standard InChI is InChI=1S/C15H16F3NO3S/c1-9-4-2-3-5-12(9)23-8-13(20)19-6-10(14(21)22)11(7-19)15(16,17)18/h2-5,10-11H,6-8H2,1H3,(H,21,22)/t10-,11-/m1/s1. The summed E-state index contributed by atoms with van der Waals surface area (Å²) < 4.78 is 38.7. The lowest BCUT2D eigenvalue weighted by molar-refractivity contribution is -0.188. The van der Waals surface area contributed by atoms with Gasteiger partial charge in [-0.1, -0.05) is 18.2 Å². The summed E-state index contributed by atoms with van der Waals surface area (Å²) in [5.74, 6) is -5.61. The molecule has 0 unspecified atom stereocenters. The summed E-state index contributed by atoms with van der Waals surface area (Å²) in [6, 6.07) is 7.38. The molecular weight excluding hydrogens is 331 g/mol. The molecule has 4 nitrogen and oxygen atoms in total. The van der Waals surface area contributed by atoms with Gasteiger partial charge in [-0.2, -0.15) is 13.2 Å². The lowest BCUT2D eigenvalue weighted by atomic mass is 9.96. The summed E-state index contributed by atoms with van der Waals surface area (Å²) in [6.07, 6.45) is -4.62. The Morgan fingerprint density at radius 3 is 2.48 bits per heavy atom. The molecule has 1 amide bonds. The van der Waals surface area contributed by atoms with Crippen LogP contribution in [0, 0.1) is 18.8 Å². The Labute approximate surface area is 135 Å². The van der Waals surface area contributed by atoms with Crippen LogP contribution in [0.3, 0.4) is 0 Å². The maximum absolute atomic E-state index is 12.9. The van der Waals surface area contributed by atoms with Gasteiger partial charge < -0.3 is 10.0 Å². The molecule has 0 aromatic heterocycles. The molecular formula is C15H16F3NO3S. The molecule has 0 aliphatic carbocycles. The Balaban J connectivity index is 2.01. The number of carboxylic acids is 1. The van der Waals surface area contributed by atoms with Crippen LogP contribution in [0.4, 0.5) is 13.2 Å². The summed E-state index contributed by atoms with van der Waals surface area (Å²) in [6.45, 7) is 0.892. The second kappa shape index (κ2) is 6.82. The molecule has 8 heteroatoms. The number of hydrogen-bond donors (Lipinski definition) is 1. The van der Waals surface area contributed by atoms with Gasteiger partial charge in [-0.05, 0) is 18.6 Å². The van der Waals surface area contributed by atoms with Crippen molar-refractivity contribution in [3.8, 4) is 0 Å². The van der Waals surface area contributed by atoms with Crippen LogP contribution in [-0.4, -0.2) is 46.9 Å². The third-order valence-electron chi connectivity index (χ3n) is 3.85. The predicted molar refractivity (Wildman–Crippen MR) is 79.2 cm³/mol. The largest absolute Gasteiger partial charge is 0.481 e. The first-order valence-corrected chi connectivity index (χ1v) is 7.94. The Morgan fingerprint density at radius 2 is 1.96 bits per heavy atom. The number of halogens is 3. The molecule has 23 heavy (non-hydrogen) atoms. The number of likely N-dealkylation sites (tertiary alicyclic amines) is 1. The fourth-order valence-electron chi connectivity index (χ4n) is 2.54. The molecule has 1 fully saturated rings. The molecule has 1 heterocycles. The average molecular weight is 347 g/mol. The number of alkyl halides is 3. The molecule has 1 aromatic rings. The van der Waals surface area contributed by atoms with Crippen molar-refractivity contribution in [3.63, 3.8) is 0 Å². The van der Waals surface area contributed by atoms with Crippen LogP contribution in [0.2, 0.25) is 0 Å². The second-order valence-corrected chi connectivity index (χ2v) is 6.46. The van der Waals surface area contributed by atoms with Crippen molar-refractivity contribution in [1.29, 1.82) is 0 Å². The van der Waals surface area contributed by atoms with E-state index >= 15 is 0 Å². The number of carboxylic acid groups (broad SMARTS) is 1. The van der Waals surface area contributed by atoms with Crippen LogP contribution >= 0.6 is 11.8 Å². The van der Waals surface area contributed by atoms with E-state index in [0.717, 1.165) is 15.4 Å². The molecule has 1 saturated heterocycles. The molecule has 126 valence electrons. The van der Waals surface area contributed by atoms with Crippen molar-refractivity contribution in [2.75, 3.05) is 18.8 Å². The van der Waals surface area contributed by atoms with Crippen molar-refractivity contribution in [2.45, 2.75) is 18.0 Å². The van der Waals surface area contributed by atoms with E-state index in [0.29, 0.717) is 0 Å². The predicted octanol–water partition coefficient (Wildman–Crippen LogP) is 2.81. The van der Waals surface area contributed by atoms with Crippen molar-refractivity contribution in [3.05, 3.63) is 29.8 Å². The first-order chi connectivity index (χ1) is 10.7. The Morgan fingerprint density at radius 1 is 1.30 bits per heavy atom. The zero-order valence-electron chi connectivity index (χ0n) is 12.3. The number of benzene rings is 1. The zero-order valence-corrected chi connectivity index (χ0v) is 13.2. The average Bonchev–Trinajstić information content (AvgIpc) is 2.91. The van der Waals surface area contributed by atoms with Gasteiger partial charge in [0.15, 0.2) is 0 Å². The molecule has 0 saturated carbocycles. The van der Waals surface area contributed by atoms with E-state index < -0.39 is 43.0 Å². The lowest BCUT2D eigenvalue weighted by Crippen LogP contribution is -2.34. The van der Waals surface area contributed by atoms with E-state index in [2.05, 4.69) is 0 Å². The maximum atomic E-state index is 12.9. The van der Waals surface area contributed by atoms with Crippen molar-refractivity contribution in [1.82, 2.24) is 4.90 Å². The van der Waals surface area contributed by atoms with E-state index in [1.807, 2.05) is 31.2 Å². The van der Waals surface area contributed by atoms with Crippen molar-refractivity contribution >= 4 is 23.6 Å². The van der Waals surface area contributed by atoms with E-state index in [1.165, 1.54) is 11.8 Å². The van der Waals surface area contributed by atoms with Gasteiger partial charge >= 0.3 is 12.1 Å². The van der Waals surface area contributed by atoms with Crippen LogP contribution in [-0.2, 0) is 9.59 Å². The number of aliphatic carboxylic acids is 1. The molecule has 0 bridgehead atoms. The van der Waals surface area contributed by atoms with Crippen LogP contribution in [0.1, 0.15) is 5.56 Å². The van der Waals surface area contributed by atoms with Gasteiger partial charge in [0.2, 0.25) is 5.91 Å². The normalized spacial score (nSPS) is 21.5. The molecule has 1 aromatic carbocycles. The summed E-state index contributed by atoms with van der Waals surface area (Å²) >= 11 is 1.24. The Hall–Kier alpha value is -1.70. The molecule has 0 radical (unpaired) electrons. The van der Waals surface area contributed by atoms with E-state index in [9.17, 15) is 22.8 Å². The lowest BCUT2D eigenvalue weighted by Gasteiger charge is -2.18. The molecule has 1 N–H and O–H groups in total.